The Labute approximate surface area is 117 Å². The van der Waals surface area contributed by atoms with Crippen molar-refractivity contribution in [1.29, 1.82) is 0 Å². The third-order valence-electron chi connectivity index (χ3n) is 3.78. The number of ether oxygens (including phenoxy) is 1. The fourth-order valence-electron chi connectivity index (χ4n) is 2.73. The summed E-state index contributed by atoms with van der Waals surface area (Å²) in [4.78, 5) is 13.2. The zero-order valence-electron chi connectivity index (χ0n) is 11.8. The Hall–Kier alpha value is -1.65. The van der Waals surface area contributed by atoms with Gasteiger partial charge in [0.2, 0.25) is 0 Å². The summed E-state index contributed by atoms with van der Waals surface area (Å²) in [5.74, 6) is -1.60. The van der Waals surface area contributed by atoms with E-state index in [1.165, 1.54) is 0 Å². The number of rotatable bonds is 2. The summed E-state index contributed by atoms with van der Waals surface area (Å²) in [6.45, 7) is 4.92. The second-order valence-corrected chi connectivity index (χ2v) is 5.05. The minimum Gasteiger partial charge on any atom is -0.450 e. The molecule has 110 valence electrons. The van der Waals surface area contributed by atoms with Gasteiger partial charge in [0.05, 0.1) is 6.61 Å². The number of carbonyl (C=O) groups excluding carboxylic acids is 1. The zero-order valence-corrected chi connectivity index (χ0v) is 11.8. The van der Waals surface area contributed by atoms with Crippen molar-refractivity contribution >= 4 is 6.09 Å². The number of piperidine rings is 1. The van der Waals surface area contributed by atoms with Crippen molar-refractivity contribution in [2.24, 2.45) is 0 Å². The zero-order chi connectivity index (χ0) is 14.7. The van der Waals surface area contributed by atoms with Gasteiger partial charge in [0, 0.05) is 13.1 Å². The van der Waals surface area contributed by atoms with Gasteiger partial charge in [-0.15, -0.1) is 0 Å². The molecule has 1 aliphatic rings. The Bertz CT molecular complexity index is 497. The van der Waals surface area contributed by atoms with Crippen LogP contribution < -0.4 is 0 Å². The van der Waals surface area contributed by atoms with Crippen LogP contribution in [0.25, 0.3) is 0 Å². The monoisotopic (exact) mass is 283 g/mol. The maximum Gasteiger partial charge on any atom is 0.409 e. The van der Waals surface area contributed by atoms with E-state index in [1.807, 2.05) is 0 Å². The van der Waals surface area contributed by atoms with E-state index in [1.54, 1.807) is 24.8 Å². The van der Waals surface area contributed by atoms with E-state index >= 15 is 0 Å². The lowest BCUT2D eigenvalue weighted by molar-refractivity contribution is 0.0968. The number of aryl methyl sites for hydroxylation is 1. The van der Waals surface area contributed by atoms with Gasteiger partial charge in [0.1, 0.15) is 0 Å². The molecule has 0 N–H and O–H groups in total. The Morgan fingerprint density at radius 1 is 1.35 bits per heavy atom. The predicted molar refractivity (Wildman–Crippen MR) is 71.7 cm³/mol. The lowest BCUT2D eigenvalue weighted by Gasteiger charge is -2.32. The Kier molecular flexibility index (Phi) is 4.57. The highest BCUT2D eigenvalue weighted by molar-refractivity contribution is 5.67. The van der Waals surface area contributed by atoms with E-state index in [4.69, 9.17) is 4.74 Å². The van der Waals surface area contributed by atoms with Gasteiger partial charge in [-0.1, -0.05) is 6.07 Å². The molecule has 1 aromatic carbocycles. The highest BCUT2D eigenvalue weighted by Crippen LogP contribution is 2.33. The summed E-state index contributed by atoms with van der Waals surface area (Å²) in [6.07, 6.45) is 0.919. The Morgan fingerprint density at radius 2 is 2.00 bits per heavy atom. The van der Waals surface area contributed by atoms with Crippen LogP contribution >= 0.6 is 0 Å². The Balaban J connectivity index is 2.08. The molecule has 1 fully saturated rings. The fourth-order valence-corrected chi connectivity index (χ4v) is 2.73. The average Bonchev–Trinajstić information content (AvgIpc) is 2.44. The largest absolute Gasteiger partial charge is 0.450 e. The molecule has 3 nitrogen and oxygen atoms in total. The molecule has 1 aliphatic heterocycles. The first-order chi connectivity index (χ1) is 9.54. The number of amides is 1. The number of hydrogen-bond donors (Lipinski definition) is 0. The number of benzene rings is 1. The summed E-state index contributed by atoms with van der Waals surface area (Å²) in [5, 5.41) is 0. The Morgan fingerprint density at radius 3 is 2.60 bits per heavy atom. The van der Waals surface area contributed by atoms with E-state index < -0.39 is 11.6 Å². The first kappa shape index (κ1) is 14.8. The lowest BCUT2D eigenvalue weighted by Crippen LogP contribution is -2.38. The normalized spacial score (nSPS) is 16.3. The van der Waals surface area contributed by atoms with Crippen LogP contribution in [0.3, 0.4) is 0 Å². The molecule has 1 amide bonds. The number of nitrogens with zero attached hydrogens (tertiary/aromatic N) is 1. The fraction of sp³-hybridized carbons (Fsp3) is 0.533. The van der Waals surface area contributed by atoms with Gasteiger partial charge in [-0.25, -0.2) is 13.6 Å². The highest BCUT2D eigenvalue weighted by Gasteiger charge is 2.28. The molecule has 1 heterocycles. The van der Waals surface area contributed by atoms with E-state index in [0.717, 1.165) is 11.6 Å². The molecule has 5 heteroatoms. The number of carbonyl (C=O) groups is 1. The molecule has 2 rings (SSSR count). The summed E-state index contributed by atoms with van der Waals surface area (Å²) in [5.41, 5.74) is 1.21. The van der Waals surface area contributed by atoms with Crippen LogP contribution in [-0.2, 0) is 4.74 Å². The predicted octanol–water partition coefficient (Wildman–Crippen LogP) is 3.61. The van der Waals surface area contributed by atoms with Crippen molar-refractivity contribution in [3.63, 3.8) is 0 Å². The SMILES string of the molecule is CCOC(=O)N1CCC(c2c(C)ccc(F)c2F)CC1. The van der Waals surface area contributed by atoms with E-state index in [-0.39, 0.29) is 12.0 Å². The molecule has 0 spiro atoms. The van der Waals surface area contributed by atoms with Crippen LogP contribution in [0.4, 0.5) is 13.6 Å². The second kappa shape index (κ2) is 6.20. The molecule has 0 atom stereocenters. The molecule has 0 aliphatic carbocycles. The van der Waals surface area contributed by atoms with Crippen molar-refractivity contribution in [2.75, 3.05) is 19.7 Å². The van der Waals surface area contributed by atoms with Gasteiger partial charge in [-0.05, 0) is 49.8 Å². The summed E-state index contributed by atoms with van der Waals surface area (Å²) >= 11 is 0. The van der Waals surface area contributed by atoms with Gasteiger partial charge in [0.15, 0.2) is 11.6 Å². The minimum absolute atomic E-state index is 0.0450. The van der Waals surface area contributed by atoms with Gasteiger partial charge >= 0.3 is 6.09 Å². The maximum atomic E-state index is 13.9. The van der Waals surface area contributed by atoms with E-state index in [9.17, 15) is 13.6 Å². The number of halogens is 2. The van der Waals surface area contributed by atoms with E-state index in [2.05, 4.69) is 0 Å². The maximum absolute atomic E-state index is 13.9. The molecular weight excluding hydrogens is 264 g/mol. The summed E-state index contributed by atoms with van der Waals surface area (Å²) < 4.78 is 32.2. The van der Waals surface area contributed by atoms with Crippen molar-refractivity contribution in [2.45, 2.75) is 32.6 Å². The molecule has 0 bridgehead atoms. The molecule has 1 saturated heterocycles. The van der Waals surface area contributed by atoms with Gasteiger partial charge in [0.25, 0.3) is 0 Å². The smallest absolute Gasteiger partial charge is 0.409 e. The first-order valence-electron chi connectivity index (χ1n) is 6.90. The van der Waals surface area contributed by atoms with Crippen LogP contribution in [0, 0.1) is 18.6 Å². The van der Waals surface area contributed by atoms with Crippen LogP contribution in [0.15, 0.2) is 12.1 Å². The molecule has 0 saturated carbocycles. The van der Waals surface area contributed by atoms with Crippen molar-refractivity contribution in [1.82, 2.24) is 4.90 Å². The molecular formula is C15H19F2NO2. The average molecular weight is 283 g/mol. The quantitative estimate of drug-likeness (QED) is 0.830. The highest BCUT2D eigenvalue weighted by atomic mass is 19.2. The molecule has 0 radical (unpaired) electrons. The second-order valence-electron chi connectivity index (χ2n) is 5.05. The molecule has 0 unspecified atom stereocenters. The van der Waals surface area contributed by atoms with Crippen molar-refractivity contribution < 1.29 is 18.3 Å². The van der Waals surface area contributed by atoms with Gasteiger partial charge in [-0.2, -0.15) is 0 Å². The number of likely N-dealkylation sites (tertiary alicyclic amines) is 1. The van der Waals surface area contributed by atoms with Crippen molar-refractivity contribution in [3.8, 4) is 0 Å². The van der Waals surface area contributed by atoms with Gasteiger partial charge < -0.3 is 9.64 Å². The third kappa shape index (κ3) is 2.92. The summed E-state index contributed by atoms with van der Waals surface area (Å²) in [6, 6.07) is 2.76. The van der Waals surface area contributed by atoms with E-state index in [0.29, 0.717) is 38.1 Å². The molecule has 20 heavy (non-hydrogen) atoms. The van der Waals surface area contributed by atoms with Gasteiger partial charge in [-0.3, -0.25) is 0 Å². The molecule has 0 aromatic heterocycles. The van der Waals surface area contributed by atoms with Crippen LogP contribution in [0.5, 0.6) is 0 Å². The third-order valence-corrected chi connectivity index (χ3v) is 3.78. The minimum atomic E-state index is -0.807. The van der Waals surface area contributed by atoms with Crippen LogP contribution in [-0.4, -0.2) is 30.7 Å². The first-order valence-corrected chi connectivity index (χ1v) is 6.90. The van der Waals surface area contributed by atoms with Crippen LogP contribution in [0.2, 0.25) is 0 Å². The summed E-state index contributed by atoms with van der Waals surface area (Å²) in [7, 11) is 0. The number of hydrogen-bond acceptors (Lipinski definition) is 2. The lowest BCUT2D eigenvalue weighted by atomic mass is 9.86. The van der Waals surface area contributed by atoms with Crippen LogP contribution in [0.1, 0.15) is 36.8 Å². The molecule has 1 aromatic rings. The van der Waals surface area contributed by atoms with Crippen molar-refractivity contribution in [3.05, 3.63) is 34.9 Å². The standard InChI is InChI=1S/C15H19F2NO2/c1-3-20-15(19)18-8-6-11(7-9-18)13-10(2)4-5-12(16)14(13)17/h4-5,11H,3,6-9H2,1-2H3. The topological polar surface area (TPSA) is 29.5 Å².